The number of aliphatic carboxylic acids is 1. The van der Waals surface area contributed by atoms with E-state index in [1.165, 1.54) is 6.08 Å². The van der Waals surface area contributed by atoms with Crippen LogP contribution in [0.2, 0.25) is 0 Å². The second-order valence-corrected chi connectivity index (χ2v) is 5.39. The third-order valence-electron chi connectivity index (χ3n) is 3.53. The quantitative estimate of drug-likeness (QED) is 0.725. The van der Waals surface area contributed by atoms with Gasteiger partial charge in [-0.25, -0.2) is 4.79 Å². The molecule has 1 amide bonds. The molecule has 0 radical (unpaired) electrons. The lowest BCUT2D eigenvalue weighted by atomic mass is 10.1. The number of para-hydroxylation sites is 1. The number of rotatable bonds is 8. The molecule has 0 bridgehead atoms. The summed E-state index contributed by atoms with van der Waals surface area (Å²) in [5.41, 5.74) is 1.61. The lowest BCUT2D eigenvalue weighted by Crippen LogP contribution is -2.41. The molecule has 1 atom stereocenters. The van der Waals surface area contributed by atoms with Gasteiger partial charge in [0.2, 0.25) is 5.91 Å². The first-order chi connectivity index (χ1) is 12.1. The predicted octanol–water partition coefficient (Wildman–Crippen LogP) is 2.91. The van der Waals surface area contributed by atoms with Crippen molar-refractivity contribution in [1.82, 2.24) is 5.32 Å². The van der Waals surface area contributed by atoms with E-state index in [1.807, 2.05) is 61.5 Å². The van der Waals surface area contributed by atoms with E-state index in [-0.39, 0.29) is 6.42 Å². The summed E-state index contributed by atoms with van der Waals surface area (Å²) < 4.78 is 5.49. The van der Waals surface area contributed by atoms with Crippen molar-refractivity contribution < 1.29 is 19.4 Å². The molecule has 2 rings (SSSR count). The molecule has 0 aliphatic carbocycles. The van der Waals surface area contributed by atoms with Crippen LogP contribution in [0.25, 0.3) is 6.08 Å². The predicted molar refractivity (Wildman–Crippen MR) is 96.4 cm³/mol. The minimum absolute atomic E-state index is 0.227. The largest absolute Gasteiger partial charge is 0.493 e. The van der Waals surface area contributed by atoms with Crippen LogP contribution in [0.15, 0.2) is 60.7 Å². The highest BCUT2D eigenvalue weighted by Crippen LogP contribution is 2.19. The number of hydrogen-bond acceptors (Lipinski definition) is 3. The Bertz CT molecular complexity index is 740. The molecule has 1 unspecified atom stereocenters. The maximum atomic E-state index is 12.1. The van der Waals surface area contributed by atoms with E-state index in [4.69, 9.17) is 4.74 Å². The van der Waals surface area contributed by atoms with Crippen molar-refractivity contribution >= 4 is 18.0 Å². The van der Waals surface area contributed by atoms with Gasteiger partial charge in [-0.05, 0) is 24.6 Å². The van der Waals surface area contributed by atoms with E-state index >= 15 is 0 Å². The van der Waals surface area contributed by atoms with Crippen LogP contribution in [0.3, 0.4) is 0 Å². The Morgan fingerprint density at radius 1 is 1.12 bits per heavy atom. The highest BCUT2D eigenvalue weighted by atomic mass is 16.5. The van der Waals surface area contributed by atoms with Crippen LogP contribution < -0.4 is 10.1 Å². The number of carboxylic acids is 1. The number of carbonyl (C=O) groups is 2. The van der Waals surface area contributed by atoms with E-state index in [0.29, 0.717) is 12.4 Å². The summed E-state index contributed by atoms with van der Waals surface area (Å²) in [5, 5.41) is 11.8. The number of carboxylic acid groups (broad SMARTS) is 1. The fraction of sp³-hybridized carbons (Fsp3) is 0.200. The fourth-order valence-corrected chi connectivity index (χ4v) is 2.34. The third-order valence-corrected chi connectivity index (χ3v) is 3.53. The smallest absolute Gasteiger partial charge is 0.326 e. The Morgan fingerprint density at radius 2 is 1.80 bits per heavy atom. The Morgan fingerprint density at radius 3 is 2.48 bits per heavy atom. The summed E-state index contributed by atoms with van der Waals surface area (Å²) in [5.74, 6) is -0.858. The number of carbonyl (C=O) groups excluding carboxylic acids is 1. The molecule has 5 nitrogen and oxygen atoms in total. The van der Waals surface area contributed by atoms with E-state index < -0.39 is 17.9 Å². The molecule has 2 N–H and O–H groups in total. The molecule has 0 saturated heterocycles. The van der Waals surface area contributed by atoms with Crippen molar-refractivity contribution in [2.45, 2.75) is 19.4 Å². The van der Waals surface area contributed by atoms with Gasteiger partial charge in [0.05, 0.1) is 6.61 Å². The molecule has 2 aromatic carbocycles. The van der Waals surface area contributed by atoms with E-state index in [2.05, 4.69) is 5.32 Å². The van der Waals surface area contributed by atoms with Crippen molar-refractivity contribution in [2.24, 2.45) is 0 Å². The zero-order valence-corrected chi connectivity index (χ0v) is 14.0. The van der Waals surface area contributed by atoms with E-state index in [9.17, 15) is 14.7 Å². The Labute approximate surface area is 146 Å². The number of amides is 1. The average molecular weight is 339 g/mol. The van der Waals surface area contributed by atoms with E-state index in [0.717, 1.165) is 11.1 Å². The molecule has 25 heavy (non-hydrogen) atoms. The minimum atomic E-state index is -1.07. The Kier molecular flexibility index (Phi) is 6.77. The highest BCUT2D eigenvalue weighted by molar-refractivity contribution is 5.94. The van der Waals surface area contributed by atoms with Gasteiger partial charge in [-0.3, -0.25) is 4.79 Å². The van der Waals surface area contributed by atoms with E-state index in [1.54, 1.807) is 6.08 Å². The van der Waals surface area contributed by atoms with Gasteiger partial charge in [0.1, 0.15) is 11.8 Å². The van der Waals surface area contributed by atoms with Crippen molar-refractivity contribution in [2.75, 3.05) is 6.61 Å². The van der Waals surface area contributed by atoms with Crippen molar-refractivity contribution in [3.8, 4) is 5.75 Å². The Balaban J connectivity index is 2.03. The monoisotopic (exact) mass is 339 g/mol. The molecule has 130 valence electrons. The highest BCUT2D eigenvalue weighted by Gasteiger charge is 2.19. The first-order valence-corrected chi connectivity index (χ1v) is 8.07. The van der Waals surface area contributed by atoms with Crippen LogP contribution >= 0.6 is 0 Å². The maximum Gasteiger partial charge on any atom is 0.326 e. The molecule has 2 aromatic rings. The van der Waals surface area contributed by atoms with Gasteiger partial charge in [-0.1, -0.05) is 48.5 Å². The molecule has 0 aromatic heterocycles. The van der Waals surface area contributed by atoms with Crippen LogP contribution in [0.4, 0.5) is 0 Å². The second kappa shape index (κ2) is 9.27. The summed E-state index contributed by atoms with van der Waals surface area (Å²) in [6, 6.07) is 15.5. The summed E-state index contributed by atoms with van der Waals surface area (Å²) in [6.07, 6.45) is 3.16. The zero-order valence-electron chi connectivity index (χ0n) is 14.0. The number of hydrogen-bond donors (Lipinski definition) is 2. The normalized spacial score (nSPS) is 11.9. The SMILES string of the molecule is CCOc1ccccc1/C=C/C(=O)NC(Cc1ccccc1)C(=O)O. The van der Waals surface area contributed by atoms with Gasteiger partial charge in [-0.2, -0.15) is 0 Å². The maximum absolute atomic E-state index is 12.1. The molecular formula is C20H21NO4. The second-order valence-electron chi connectivity index (χ2n) is 5.39. The summed E-state index contributed by atoms with van der Waals surface area (Å²) in [7, 11) is 0. The van der Waals surface area contributed by atoms with Gasteiger partial charge in [0, 0.05) is 18.1 Å². The Hall–Kier alpha value is -3.08. The summed E-state index contributed by atoms with van der Waals surface area (Å²) in [6.45, 7) is 2.41. The third kappa shape index (κ3) is 5.80. The van der Waals surface area contributed by atoms with Gasteiger partial charge in [0.25, 0.3) is 0 Å². The van der Waals surface area contributed by atoms with Gasteiger partial charge < -0.3 is 15.2 Å². The van der Waals surface area contributed by atoms with Crippen LogP contribution in [-0.4, -0.2) is 29.6 Å². The molecule has 0 aliphatic heterocycles. The lowest BCUT2D eigenvalue weighted by molar-refractivity contribution is -0.141. The number of nitrogens with one attached hydrogen (secondary N) is 1. The molecule has 0 aliphatic rings. The van der Waals surface area contributed by atoms with Crippen molar-refractivity contribution in [3.05, 3.63) is 71.8 Å². The first-order valence-electron chi connectivity index (χ1n) is 8.07. The molecule has 0 fully saturated rings. The van der Waals surface area contributed by atoms with Crippen LogP contribution in [0.5, 0.6) is 5.75 Å². The fourth-order valence-electron chi connectivity index (χ4n) is 2.34. The summed E-state index contributed by atoms with van der Waals surface area (Å²) >= 11 is 0. The van der Waals surface area contributed by atoms with Crippen LogP contribution in [0, 0.1) is 0 Å². The molecule has 0 saturated carbocycles. The summed E-state index contributed by atoms with van der Waals surface area (Å²) in [4.78, 5) is 23.5. The molecular weight excluding hydrogens is 318 g/mol. The number of benzene rings is 2. The average Bonchev–Trinajstić information content (AvgIpc) is 2.61. The van der Waals surface area contributed by atoms with Gasteiger partial charge in [-0.15, -0.1) is 0 Å². The molecule has 0 heterocycles. The zero-order chi connectivity index (χ0) is 18.1. The molecule has 0 spiro atoms. The van der Waals surface area contributed by atoms with Crippen molar-refractivity contribution in [1.29, 1.82) is 0 Å². The molecule has 5 heteroatoms. The van der Waals surface area contributed by atoms with Gasteiger partial charge >= 0.3 is 5.97 Å². The van der Waals surface area contributed by atoms with Gasteiger partial charge in [0.15, 0.2) is 0 Å². The van der Waals surface area contributed by atoms with Crippen LogP contribution in [-0.2, 0) is 16.0 Å². The minimum Gasteiger partial charge on any atom is -0.493 e. The topological polar surface area (TPSA) is 75.6 Å². The first kappa shape index (κ1) is 18.3. The standard InChI is InChI=1S/C20H21NO4/c1-2-25-18-11-7-6-10-16(18)12-13-19(22)21-17(20(23)24)14-15-8-4-3-5-9-15/h3-13,17H,2,14H2,1H3,(H,21,22)(H,23,24)/b13-12+. The van der Waals surface area contributed by atoms with Crippen molar-refractivity contribution in [3.63, 3.8) is 0 Å². The van der Waals surface area contributed by atoms with Crippen LogP contribution in [0.1, 0.15) is 18.1 Å². The lowest BCUT2D eigenvalue weighted by Gasteiger charge is -2.13. The number of ether oxygens (including phenoxy) is 1.